The molecule has 0 unspecified atom stereocenters. The van der Waals surface area contributed by atoms with Gasteiger partial charge in [0.15, 0.2) is 0 Å². The molecule has 0 aliphatic carbocycles. The summed E-state index contributed by atoms with van der Waals surface area (Å²) in [5, 5.41) is 0. The Kier molecular flexibility index (Phi) is 35.3. The third-order valence-corrected chi connectivity index (χ3v) is 0.408. The quantitative estimate of drug-likeness (QED) is 0.404. The van der Waals surface area contributed by atoms with Crippen molar-refractivity contribution in [1.29, 1.82) is 0 Å². The van der Waals surface area contributed by atoms with Gasteiger partial charge in [0.05, 0.1) is 0 Å². The van der Waals surface area contributed by atoms with Gasteiger partial charge in [-0.2, -0.15) is 0 Å². The summed E-state index contributed by atoms with van der Waals surface area (Å²) in [6.07, 6.45) is 0.944. The van der Waals surface area contributed by atoms with Gasteiger partial charge in [-0.3, -0.25) is 0 Å². The molecular weight excluding hydrogens is 143 g/mol. The largest absolute Gasteiger partial charge is 1.00 e. The molecule has 0 bridgehead atoms. The first-order valence-corrected chi connectivity index (χ1v) is 1.82. The van der Waals surface area contributed by atoms with Crippen LogP contribution in [0.15, 0.2) is 0 Å². The van der Waals surface area contributed by atoms with Crippen molar-refractivity contribution >= 4 is 0 Å². The minimum absolute atomic E-state index is 0. The molecule has 0 atom stereocenters. The molecule has 0 heterocycles. The average Bonchev–Trinajstić information content (AvgIpc) is 1.41. The third kappa shape index (κ3) is 18.6. The van der Waals surface area contributed by atoms with Gasteiger partial charge < -0.3 is 12.9 Å². The van der Waals surface area contributed by atoms with E-state index < -0.39 is 0 Å². The Morgan fingerprint density at radius 2 is 1.43 bits per heavy atom. The zero-order chi connectivity index (χ0) is 4.12. The monoisotopic (exact) mass is 154 g/mol. The van der Waals surface area contributed by atoms with Crippen molar-refractivity contribution in [3.63, 3.8) is 0 Å². The van der Waals surface area contributed by atoms with E-state index in [-0.39, 0.29) is 48.1 Å². The smallest absolute Gasteiger partial charge is 1.00 e. The molecule has 4 heteroatoms. The fourth-order valence-electron chi connectivity index (χ4n) is 0.118. The summed E-state index contributed by atoms with van der Waals surface area (Å²) < 4.78 is 0. The first-order valence-electron chi connectivity index (χ1n) is 1.82. The minimum Gasteiger partial charge on any atom is -1.00 e. The SMILES string of the molecule is NCCCN.[Fe].[H-].[Na+]. The van der Waals surface area contributed by atoms with Crippen molar-refractivity contribution in [2.75, 3.05) is 13.1 Å². The normalized spacial score (nSPS) is 6.00. The Morgan fingerprint density at radius 1 is 1.14 bits per heavy atom. The van der Waals surface area contributed by atoms with Crippen LogP contribution >= 0.6 is 0 Å². The van der Waals surface area contributed by atoms with E-state index in [1.54, 1.807) is 0 Å². The van der Waals surface area contributed by atoms with Gasteiger partial charge in [0, 0.05) is 17.1 Å². The number of nitrogens with two attached hydrogens (primary N) is 2. The summed E-state index contributed by atoms with van der Waals surface area (Å²) in [5.74, 6) is 0. The Bertz CT molecular complexity index is 24.8. The molecule has 0 amide bonds. The Labute approximate surface area is 78.6 Å². The van der Waals surface area contributed by atoms with Crippen molar-refractivity contribution < 1.29 is 48.1 Å². The summed E-state index contributed by atoms with van der Waals surface area (Å²) >= 11 is 0. The van der Waals surface area contributed by atoms with Gasteiger partial charge >= 0.3 is 29.6 Å². The van der Waals surface area contributed by atoms with Crippen LogP contribution in [0.3, 0.4) is 0 Å². The first-order chi connectivity index (χ1) is 2.41. The first kappa shape index (κ1) is 15.8. The number of hydrogen-bond acceptors (Lipinski definition) is 2. The average molecular weight is 154 g/mol. The molecule has 0 fully saturated rings. The van der Waals surface area contributed by atoms with Crippen LogP contribution in [-0.2, 0) is 17.1 Å². The zero-order valence-electron chi connectivity index (χ0n) is 5.63. The van der Waals surface area contributed by atoms with Crippen LogP contribution in [0.2, 0.25) is 0 Å². The van der Waals surface area contributed by atoms with Gasteiger partial charge in [0.1, 0.15) is 0 Å². The van der Waals surface area contributed by atoms with Crippen molar-refractivity contribution in [1.82, 2.24) is 0 Å². The molecule has 7 heavy (non-hydrogen) atoms. The second-order valence-corrected chi connectivity index (χ2v) is 0.931. The molecule has 4 N–H and O–H groups in total. The summed E-state index contributed by atoms with van der Waals surface area (Å²) in [4.78, 5) is 0. The van der Waals surface area contributed by atoms with Crippen molar-refractivity contribution in [2.24, 2.45) is 11.5 Å². The van der Waals surface area contributed by atoms with Crippen LogP contribution in [-0.4, -0.2) is 13.1 Å². The van der Waals surface area contributed by atoms with E-state index in [0.717, 1.165) is 19.5 Å². The van der Waals surface area contributed by atoms with Gasteiger partial charge in [0.25, 0.3) is 0 Å². The molecule has 42 valence electrons. The number of rotatable bonds is 2. The maximum absolute atomic E-state index is 5.06. The standard InChI is InChI=1S/C3H10N2.Fe.Na.H/c4-2-1-3-5;;;/h1-5H2;;;/q;;+1;-1. The van der Waals surface area contributed by atoms with Crippen molar-refractivity contribution in [2.45, 2.75) is 6.42 Å². The summed E-state index contributed by atoms with van der Waals surface area (Å²) in [5.41, 5.74) is 10.1. The predicted molar refractivity (Wildman–Crippen MR) is 23.8 cm³/mol. The maximum Gasteiger partial charge on any atom is 1.00 e. The predicted octanol–water partition coefficient (Wildman–Crippen LogP) is -3.59. The van der Waals surface area contributed by atoms with Gasteiger partial charge in [-0.05, 0) is 19.5 Å². The van der Waals surface area contributed by atoms with Crippen LogP contribution in [0.1, 0.15) is 7.85 Å². The molecule has 0 aromatic heterocycles. The molecule has 0 aromatic rings. The van der Waals surface area contributed by atoms with Gasteiger partial charge in [0.2, 0.25) is 0 Å². The van der Waals surface area contributed by atoms with E-state index >= 15 is 0 Å². The summed E-state index contributed by atoms with van der Waals surface area (Å²) in [6.45, 7) is 1.44. The zero-order valence-corrected chi connectivity index (χ0v) is 7.73. The van der Waals surface area contributed by atoms with Gasteiger partial charge in [-0.25, -0.2) is 0 Å². The Hall–Kier alpha value is 1.44. The van der Waals surface area contributed by atoms with E-state index in [1.807, 2.05) is 0 Å². The van der Waals surface area contributed by atoms with E-state index in [0.29, 0.717) is 0 Å². The molecule has 0 saturated heterocycles. The van der Waals surface area contributed by atoms with Crippen LogP contribution in [0, 0.1) is 0 Å². The number of hydrogen-bond donors (Lipinski definition) is 2. The molecule has 0 radical (unpaired) electrons. The van der Waals surface area contributed by atoms with Crippen LogP contribution in [0.4, 0.5) is 0 Å². The Balaban J connectivity index is -0.0000000267. The molecular formula is C3H11FeN2Na. The second kappa shape index (κ2) is 15.7. The van der Waals surface area contributed by atoms with E-state index in [2.05, 4.69) is 0 Å². The summed E-state index contributed by atoms with van der Waals surface area (Å²) in [6, 6.07) is 0. The molecule has 0 aliphatic heterocycles. The fraction of sp³-hybridized carbons (Fsp3) is 1.00. The van der Waals surface area contributed by atoms with E-state index in [1.165, 1.54) is 0 Å². The molecule has 0 spiro atoms. The molecule has 0 rings (SSSR count). The molecule has 0 saturated carbocycles. The third-order valence-electron chi connectivity index (χ3n) is 0.408. The minimum atomic E-state index is 0. The van der Waals surface area contributed by atoms with Crippen molar-refractivity contribution in [3.05, 3.63) is 0 Å². The van der Waals surface area contributed by atoms with Crippen molar-refractivity contribution in [3.8, 4) is 0 Å². The van der Waals surface area contributed by atoms with Gasteiger partial charge in [-0.15, -0.1) is 0 Å². The van der Waals surface area contributed by atoms with Crippen LogP contribution in [0.5, 0.6) is 0 Å². The van der Waals surface area contributed by atoms with Crippen LogP contribution in [0.25, 0.3) is 0 Å². The molecule has 2 nitrogen and oxygen atoms in total. The van der Waals surface area contributed by atoms with Gasteiger partial charge in [-0.1, -0.05) is 0 Å². The maximum atomic E-state index is 5.06. The second-order valence-electron chi connectivity index (χ2n) is 0.931. The van der Waals surface area contributed by atoms with E-state index in [9.17, 15) is 0 Å². The molecule has 0 aromatic carbocycles. The van der Waals surface area contributed by atoms with E-state index in [4.69, 9.17) is 11.5 Å². The Morgan fingerprint density at radius 3 is 1.43 bits per heavy atom. The summed E-state index contributed by atoms with van der Waals surface area (Å²) in [7, 11) is 0. The van der Waals surface area contributed by atoms with Crippen LogP contribution < -0.4 is 41.0 Å². The topological polar surface area (TPSA) is 52.0 Å². The fourth-order valence-corrected chi connectivity index (χ4v) is 0.118. The molecule has 0 aliphatic rings.